The summed E-state index contributed by atoms with van der Waals surface area (Å²) in [6.07, 6.45) is 2.52. The molecule has 0 radical (unpaired) electrons. The molecular weight excluding hydrogens is 336 g/mol. The minimum absolute atomic E-state index is 0.274. The highest BCUT2D eigenvalue weighted by atomic mass is 35.5. The van der Waals surface area contributed by atoms with E-state index in [1.54, 1.807) is 0 Å². The van der Waals surface area contributed by atoms with Crippen molar-refractivity contribution in [2.75, 3.05) is 18.5 Å². The van der Waals surface area contributed by atoms with Gasteiger partial charge in [0.25, 0.3) is 0 Å². The van der Waals surface area contributed by atoms with Gasteiger partial charge in [0, 0.05) is 41.1 Å². The van der Waals surface area contributed by atoms with Crippen LogP contribution in [0.25, 0.3) is 16.9 Å². The number of nitrogens with one attached hydrogen (secondary N) is 1. The standard InChI is InChI=1S/C19H21ClN4O/c1-12-10-17(21-11-16-4-3-9-25-16)24-19(22-12)13(2)18(23-24)14-5-7-15(20)8-6-14/h5-8,10,16,21H,3-4,9,11H2,1-2H3. The van der Waals surface area contributed by atoms with Crippen LogP contribution in [0.15, 0.2) is 30.3 Å². The summed E-state index contributed by atoms with van der Waals surface area (Å²) in [5.41, 5.74) is 4.86. The predicted octanol–water partition coefficient (Wildman–Crippen LogP) is 4.26. The fourth-order valence-corrected chi connectivity index (χ4v) is 3.40. The van der Waals surface area contributed by atoms with E-state index in [4.69, 9.17) is 21.4 Å². The van der Waals surface area contributed by atoms with Gasteiger partial charge in [-0.05, 0) is 38.8 Å². The fourth-order valence-electron chi connectivity index (χ4n) is 3.28. The summed E-state index contributed by atoms with van der Waals surface area (Å²) in [5.74, 6) is 0.946. The second kappa shape index (κ2) is 6.65. The predicted molar refractivity (Wildman–Crippen MR) is 100 cm³/mol. The molecule has 1 fully saturated rings. The summed E-state index contributed by atoms with van der Waals surface area (Å²) >= 11 is 6.01. The van der Waals surface area contributed by atoms with Gasteiger partial charge in [-0.15, -0.1) is 0 Å². The number of rotatable bonds is 4. The topological polar surface area (TPSA) is 51.5 Å². The van der Waals surface area contributed by atoms with Crippen LogP contribution in [-0.2, 0) is 4.74 Å². The molecule has 6 heteroatoms. The van der Waals surface area contributed by atoms with Crippen molar-refractivity contribution in [1.82, 2.24) is 14.6 Å². The summed E-state index contributed by atoms with van der Waals surface area (Å²) < 4.78 is 7.60. The van der Waals surface area contributed by atoms with Gasteiger partial charge in [0.2, 0.25) is 0 Å². The Kier molecular flexibility index (Phi) is 4.36. The highest BCUT2D eigenvalue weighted by Gasteiger charge is 2.18. The van der Waals surface area contributed by atoms with Gasteiger partial charge in [-0.2, -0.15) is 9.61 Å². The molecule has 3 aromatic rings. The largest absolute Gasteiger partial charge is 0.376 e. The summed E-state index contributed by atoms with van der Waals surface area (Å²) in [6, 6.07) is 9.78. The molecule has 2 aromatic heterocycles. The summed E-state index contributed by atoms with van der Waals surface area (Å²) in [5, 5.41) is 9.01. The van der Waals surface area contributed by atoms with Crippen LogP contribution in [0.2, 0.25) is 5.02 Å². The van der Waals surface area contributed by atoms with Crippen molar-refractivity contribution in [2.45, 2.75) is 32.8 Å². The van der Waals surface area contributed by atoms with Crippen LogP contribution in [0.1, 0.15) is 24.1 Å². The van der Waals surface area contributed by atoms with E-state index in [-0.39, 0.29) is 6.10 Å². The molecule has 1 aliphatic rings. The van der Waals surface area contributed by atoms with Crippen molar-refractivity contribution in [1.29, 1.82) is 0 Å². The van der Waals surface area contributed by atoms with Crippen molar-refractivity contribution in [3.63, 3.8) is 0 Å². The Morgan fingerprint density at radius 3 is 2.80 bits per heavy atom. The van der Waals surface area contributed by atoms with Crippen LogP contribution >= 0.6 is 11.6 Å². The molecule has 0 bridgehead atoms. The highest BCUT2D eigenvalue weighted by Crippen LogP contribution is 2.28. The van der Waals surface area contributed by atoms with Gasteiger partial charge in [-0.3, -0.25) is 0 Å². The van der Waals surface area contributed by atoms with Gasteiger partial charge in [-0.25, -0.2) is 4.98 Å². The zero-order chi connectivity index (χ0) is 17.4. The minimum atomic E-state index is 0.274. The third-order valence-electron chi connectivity index (χ3n) is 4.60. The molecule has 0 amide bonds. The van der Waals surface area contributed by atoms with Crippen molar-refractivity contribution in [2.24, 2.45) is 0 Å². The SMILES string of the molecule is Cc1cc(NCC2CCCO2)n2nc(-c3ccc(Cl)cc3)c(C)c2n1. The van der Waals surface area contributed by atoms with E-state index < -0.39 is 0 Å². The number of anilines is 1. The lowest BCUT2D eigenvalue weighted by Crippen LogP contribution is -2.20. The number of fused-ring (bicyclic) bond motifs is 1. The Bertz CT molecular complexity index is 898. The van der Waals surface area contributed by atoms with Crippen molar-refractivity contribution in [3.8, 4) is 11.3 Å². The minimum Gasteiger partial charge on any atom is -0.376 e. The molecule has 25 heavy (non-hydrogen) atoms. The average Bonchev–Trinajstić information content (AvgIpc) is 3.23. The summed E-state index contributed by atoms with van der Waals surface area (Å²) in [7, 11) is 0. The lowest BCUT2D eigenvalue weighted by molar-refractivity contribution is 0.120. The lowest BCUT2D eigenvalue weighted by atomic mass is 10.1. The van der Waals surface area contributed by atoms with Gasteiger partial charge in [-0.1, -0.05) is 23.7 Å². The van der Waals surface area contributed by atoms with E-state index in [1.165, 1.54) is 0 Å². The molecule has 0 aliphatic carbocycles. The molecule has 3 heterocycles. The normalized spacial score (nSPS) is 17.3. The fraction of sp³-hybridized carbons (Fsp3) is 0.368. The number of ether oxygens (including phenoxy) is 1. The molecule has 5 nitrogen and oxygen atoms in total. The second-order valence-corrected chi connectivity index (χ2v) is 6.95. The van der Waals surface area contributed by atoms with Crippen molar-refractivity contribution >= 4 is 23.1 Å². The molecule has 4 rings (SSSR count). The number of aromatic nitrogens is 3. The van der Waals surface area contributed by atoms with E-state index in [0.29, 0.717) is 0 Å². The van der Waals surface area contributed by atoms with Crippen LogP contribution in [0.3, 0.4) is 0 Å². The number of aryl methyl sites for hydroxylation is 2. The molecular formula is C19H21ClN4O. The van der Waals surface area contributed by atoms with Crippen LogP contribution < -0.4 is 5.32 Å². The number of hydrogen-bond donors (Lipinski definition) is 1. The van der Waals surface area contributed by atoms with Crippen LogP contribution in [-0.4, -0.2) is 33.9 Å². The molecule has 1 aliphatic heterocycles. The van der Waals surface area contributed by atoms with Crippen LogP contribution in [0.5, 0.6) is 0 Å². The first-order chi connectivity index (χ1) is 12.1. The second-order valence-electron chi connectivity index (χ2n) is 6.51. The maximum atomic E-state index is 6.01. The third-order valence-corrected chi connectivity index (χ3v) is 4.85. The highest BCUT2D eigenvalue weighted by molar-refractivity contribution is 6.30. The van der Waals surface area contributed by atoms with E-state index >= 15 is 0 Å². The van der Waals surface area contributed by atoms with E-state index in [9.17, 15) is 0 Å². The van der Waals surface area contributed by atoms with Crippen molar-refractivity contribution < 1.29 is 4.74 Å². The van der Waals surface area contributed by atoms with E-state index in [1.807, 2.05) is 41.8 Å². The van der Waals surface area contributed by atoms with Gasteiger partial charge in [0.1, 0.15) is 5.82 Å². The van der Waals surface area contributed by atoms with Gasteiger partial charge >= 0.3 is 0 Å². The molecule has 130 valence electrons. The smallest absolute Gasteiger partial charge is 0.161 e. The van der Waals surface area contributed by atoms with Crippen LogP contribution in [0, 0.1) is 13.8 Å². The summed E-state index contributed by atoms with van der Waals surface area (Å²) in [6.45, 7) is 5.71. The maximum absolute atomic E-state index is 6.01. The lowest BCUT2D eigenvalue weighted by Gasteiger charge is -2.13. The first-order valence-corrected chi connectivity index (χ1v) is 8.98. The zero-order valence-electron chi connectivity index (χ0n) is 14.4. The first kappa shape index (κ1) is 16.4. The Labute approximate surface area is 152 Å². The molecule has 1 aromatic carbocycles. The third kappa shape index (κ3) is 3.22. The Morgan fingerprint density at radius 1 is 1.28 bits per heavy atom. The quantitative estimate of drug-likeness (QED) is 0.759. The van der Waals surface area contributed by atoms with Crippen LogP contribution in [0.4, 0.5) is 5.82 Å². The first-order valence-electron chi connectivity index (χ1n) is 8.60. The Hall–Kier alpha value is -2.11. The molecule has 1 atom stereocenters. The summed E-state index contributed by atoms with van der Waals surface area (Å²) in [4.78, 5) is 4.68. The van der Waals surface area contributed by atoms with Gasteiger partial charge < -0.3 is 10.1 Å². The maximum Gasteiger partial charge on any atom is 0.161 e. The molecule has 1 unspecified atom stereocenters. The molecule has 0 saturated carbocycles. The monoisotopic (exact) mass is 356 g/mol. The Balaban J connectivity index is 1.73. The Morgan fingerprint density at radius 2 is 2.08 bits per heavy atom. The van der Waals surface area contributed by atoms with E-state index in [2.05, 4.69) is 17.2 Å². The van der Waals surface area contributed by atoms with Gasteiger partial charge in [0.15, 0.2) is 5.65 Å². The number of hydrogen-bond acceptors (Lipinski definition) is 4. The zero-order valence-corrected chi connectivity index (χ0v) is 15.2. The van der Waals surface area contributed by atoms with Gasteiger partial charge in [0.05, 0.1) is 11.8 Å². The number of nitrogens with zero attached hydrogens (tertiary/aromatic N) is 3. The van der Waals surface area contributed by atoms with Crippen molar-refractivity contribution in [3.05, 3.63) is 46.6 Å². The average molecular weight is 357 g/mol. The molecule has 1 saturated heterocycles. The van der Waals surface area contributed by atoms with E-state index in [0.717, 1.165) is 65.0 Å². The number of benzene rings is 1. The molecule has 1 N–H and O–H groups in total. The number of halogens is 1. The molecule has 0 spiro atoms.